The smallest absolute Gasteiger partial charge is 0.338 e. The van der Waals surface area contributed by atoms with Crippen LogP contribution in [0.4, 0.5) is 0 Å². The molecular formula is C17H17BrO3. The number of halogens is 1. The lowest BCUT2D eigenvalue weighted by atomic mass is 9.99. The van der Waals surface area contributed by atoms with Gasteiger partial charge in [-0.3, -0.25) is 0 Å². The maximum atomic E-state index is 12.1. The summed E-state index contributed by atoms with van der Waals surface area (Å²) in [5.41, 5.74) is 2.60. The van der Waals surface area contributed by atoms with Gasteiger partial charge in [0.25, 0.3) is 0 Å². The highest BCUT2D eigenvalue weighted by Gasteiger charge is 2.14. The van der Waals surface area contributed by atoms with E-state index >= 15 is 0 Å². The summed E-state index contributed by atoms with van der Waals surface area (Å²) in [5.74, 6) is 0.331. The number of carbonyl (C=O) groups is 1. The van der Waals surface area contributed by atoms with E-state index in [1.54, 1.807) is 20.1 Å². The molecule has 0 aromatic heterocycles. The van der Waals surface area contributed by atoms with Crippen LogP contribution < -0.4 is 4.74 Å². The molecular weight excluding hydrogens is 332 g/mol. The lowest BCUT2D eigenvalue weighted by Crippen LogP contribution is -2.09. The van der Waals surface area contributed by atoms with E-state index in [9.17, 15) is 4.79 Å². The van der Waals surface area contributed by atoms with E-state index in [0.29, 0.717) is 24.3 Å². The molecule has 3 nitrogen and oxygen atoms in total. The van der Waals surface area contributed by atoms with Gasteiger partial charge in [0, 0.05) is 4.47 Å². The summed E-state index contributed by atoms with van der Waals surface area (Å²) in [7, 11) is 1.58. The number of benzene rings is 2. The Balaban J connectivity index is 2.35. The Bertz CT molecular complexity index is 638. The van der Waals surface area contributed by atoms with Gasteiger partial charge in [-0.2, -0.15) is 0 Å². The molecule has 2 aromatic carbocycles. The van der Waals surface area contributed by atoms with Crippen LogP contribution in [0.25, 0.3) is 0 Å². The minimum absolute atomic E-state index is 0.318. The average Bonchev–Trinajstić information content (AvgIpc) is 2.48. The van der Waals surface area contributed by atoms with Crippen molar-refractivity contribution >= 4 is 21.9 Å². The molecule has 0 aliphatic rings. The molecule has 2 rings (SSSR count). The second-order valence-electron chi connectivity index (χ2n) is 4.55. The molecule has 0 fully saturated rings. The van der Waals surface area contributed by atoms with E-state index in [1.165, 1.54) is 0 Å². The largest absolute Gasteiger partial charge is 0.497 e. The van der Waals surface area contributed by atoms with Crippen molar-refractivity contribution in [2.45, 2.75) is 13.3 Å². The van der Waals surface area contributed by atoms with Crippen LogP contribution in [0.5, 0.6) is 5.75 Å². The van der Waals surface area contributed by atoms with E-state index in [4.69, 9.17) is 9.47 Å². The number of methoxy groups -OCH3 is 1. The predicted molar refractivity (Wildman–Crippen MR) is 85.9 cm³/mol. The zero-order valence-corrected chi connectivity index (χ0v) is 13.6. The number of hydrogen-bond donors (Lipinski definition) is 0. The number of esters is 1. The van der Waals surface area contributed by atoms with Crippen LogP contribution >= 0.6 is 15.9 Å². The van der Waals surface area contributed by atoms with Gasteiger partial charge in [0.05, 0.1) is 19.3 Å². The molecule has 110 valence electrons. The molecule has 0 bridgehead atoms. The van der Waals surface area contributed by atoms with Gasteiger partial charge >= 0.3 is 5.97 Å². The van der Waals surface area contributed by atoms with Crippen molar-refractivity contribution in [2.24, 2.45) is 0 Å². The van der Waals surface area contributed by atoms with E-state index in [-0.39, 0.29) is 5.97 Å². The van der Waals surface area contributed by atoms with Crippen LogP contribution in [0.3, 0.4) is 0 Å². The number of ether oxygens (including phenoxy) is 2. The van der Waals surface area contributed by atoms with Gasteiger partial charge in [0.15, 0.2) is 0 Å². The van der Waals surface area contributed by atoms with Crippen molar-refractivity contribution in [1.82, 2.24) is 0 Å². The first-order valence-corrected chi connectivity index (χ1v) is 7.51. The van der Waals surface area contributed by atoms with Crippen molar-refractivity contribution in [2.75, 3.05) is 13.7 Å². The lowest BCUT2D eigenvalue weighted by molar-refractivity contribution is 0.0525. The van der Waals surface area contributed by atoms with Gasteiger partial charge in [-0.1, -0.05) is 34.1 Å². The summed E-state index contributed by atoms with van der Waals surface area (Å²) in [6, 6.07) is 13.5. The maximum Gasteiger partial charge on any atom is 0.338 e. The second kappa shape index (κ2) is 7.27. The molecule has 21 heavy (non-hydrogen) atoms. The van der Waals surface area contributed by atoms with Gasteiger partial charge < -0.3 is 9.47 Å². The Hall–Kier alpha value is -1.81. The molecule has 0 aliphatic carbocycles. The van der Waals surface area contributed by atoms with Crippen molar-refractivity contribution in [3.8, 4) is 5.75 Å². The first-order valence-electron chi connectivity index (χ1n) is 6.72. The third-order valence-corrected chi connectivity index (χ3v) is 3.59. The molecule has 0 spiro atoms. The van der Waals surface area contributed by atoms with E-state index in [0.717, 1.165) is 15.6 Å². The Morgan fingerprint density at radius 2 is 2.00 bits per heavy atom. The fourth-order valence-electron chi connectivity index (χ4n) is 2.10. The van der Waals surface area contributed by atoms with E-state index in [1.807, 2.05) is 36.4 Å². The average molecular weight is 349 g/mol. The Morgan fingerprint density at radius 1 is 1.19 bits per heavy atom. The zero-order valence-electron chi connectivity index (χ0n) is 12.1. The van der Waals surface area contributed by atoms with Gasteiger partial charge in [0.1, 0.15) is 5.75 Å². The minimum Gasteiger partial charge on any atom is -0.497 e. The predicted octanol–water partition coefficient (Wildman–Crippen LogP) is 4.23. The molecule has 0 heterocycles. The third kappa shape index (κ3) is 4.08. The molecule has 0 atom stereocenters. The first-order chi connectivity index (χ1) is 10.1. The van der Waals surface area contributed by atoms with Crippen LogP contribution in [-0.4, -0.2) is 19.7 Å². The summed E-state index contributed by atoms with van der Waals surface area (Å²) in [6.07, 6.45) is 0.664. The molecule has 0 N–H and O–H groups in total. The fraction of sp³-hybridized carbons (Fsp3) is 0.235. The highest BCUT2D eigenvalue weighted by atomic mass is 79.9. The number of rotatable bonds is 5. The quantitative estimate of drug-likeness (QED) is 0.758. The lowest BCUT2D eigenvalue weighted by Gasteiger charge is -2.11. The normalized spacial score (nSPS) is 10.2. The van der Waals surface area contributed by atoms with Crippen molar-refractivity contribution in [1.29, 1.82) is 0 Å². The zero-order chi connectivity index (χ0) is 15.2. The van der Waals surface area contributed by atoms with Gasteiger partial charge in [-0.25, -0.2) is 4.79 Å². The summed E-state index contributed by atoms with van der Waals surface area (Å²) in [6.45, 7) is 2.15. The Labute approximate surface area is 133 Å². The van der Waals surface area contributed by atoms with Crippen LogP contribution in [0.2, 0.25) is 0 Å². The Morgan fingerprint density at radius 3 is 2.67 bits per heavy atom. The minimum atomic E-state index is -0.318. The summed E-state index contributed by atoms with van der Waals surface area (Å²) < 4.78 is 11.3. The molecule has 0 amide bonds. The third-order valence-electron chi connectivity index (χ3n) is 3.10. The van der Waals surface area contributed by atoms with E-state index in [2.05, 4.69) is 15.9 Å². The monoisotopic (exact) mass is 348 g/mol. The van der Waals surface area contributed by atoms with Gasteiger partial charge in [-0.05, 0) is 48.7 Å². The first kappa shape index (κ1) is 15.6. The number of hydrogen-bond acceptors (Lipinski definition) is 3. The van der Waals surface area contributed by atoms with Crippen LogP contribution in [-0.2, 0) is 11.2 Å². The van der Waals surface area contributed by atoms with E-state index < -0.39 is 0 Å². The fourth-order valence-corrected chi connectivity index (χ4v) is 2.55. The summed E-state index contributed by atoms with van der Waals surface area (Å²) in [4.78, 5) is 12.1. The summed E-state index contributed by atoms with van der Waals surface area (Å²) >= 11 is 3.46. The van der Waals surface area contributed by atoms with Crippen molar-refractivity contribution in [3.63, 3.8) is 0 Å². The molecule has 0 saturated heterocycles. The molecule has 0 radical (unpaired) electrons. The van der Waals surface area contributed by atoms with Gasteiger partial charge in [0.2, 0.25) is 0 Å². The standard InChI is InChI=1S/C17H17BrO3/c1-3-21-17(19)16-11-15(20-2)8-7-13(16)9-12-5-4-6-14(18)10-12/h4-8,10-11H,3,9H2,1-2H3. The van der Waals surface area contributed by atoms with Crippen LogP contribution in [0, 0.1) is 0 Å². The SMILES string of the molecule is CCOC(=O)c1cc(OC)ccc1Cc1cccc(Br)c1. The molecule has 0 unspecified atom stereocenters. The molecule has 0 aliphatic heterocycles. The number of carbonyl (C=O) groups excluding carboxylic acids is 1. The van der Waals surface area contributed by atoms with Gasteiger partial charge in [-0.15, -0.1) is 0 Å². The van der Waals surface area contributed by atoms with Crippen molar-refractivity contribution in [3.05, 3.63) is 63.6 Å². The topological polar surface area (TPSA) is 35.5 Å². The van der Waals surface area contributed by atoms with Crippen LogP contribution in [0.1, 0.15) is 28.4 Å². The molecule has 0 saturated carbocycles. The summed E-state index contributed by atoms with van der Waals surface area (Å²) in [5, 5.41) is 0. The highest BCUT2D eigenvalue weighted by Crippen LogP contribution is 2.22. The van der Waals surface area contributed by atoms with Crippen LogP contribution in [0.15, 0.2) is 46.9 Å². The second-order valence-corrected chi connectivity index (χ2v) is 5.47. The molecule has 4 heteroatoms. The highest BCUT2D eigenvalue weighted by molar-refractivity contribution is 9.10. The Kier molecular flexibility index (Phi) is 5.39. The van der Waals surface area contributed by atoms with Crippen molar-refractivity contribution < 1.29 is 14.3 Å². The molecule has 2 aromatic rings. The maximum absolute atomic E-state index is 12.1.